The van der Waals surface area contributed by atoms with E-state index in [4.69, 9.17) is 18.9 Å². The average Bonchev–Trinajstić information content (AvgIpc) is 2.90. The summed E-state index contributed by atoms with van der Waals surface area (Å²) in [5, 5.41) is 59.2. The number of aliphatic hydroxyl groups excluding tert-OH is 3. The Hall–Kier alpha value is -1.58. The van der Waals surface area contributed by atoms with Crippen LogP contribution in [0.25, 0.3) is 0 Å². The van der Waals surface area contributed by atoms with Crippen molar-refractivity contribution < 1.29 is 59.2 Å². The molecule has 0 bridgehead atoms. The summed E-state index contributed by atoms with van der Waals surface area (Å²) < 4.78 is 21.4. The molecular formula is C30H50O12. The molecular weight excluding hydrogens is 552 g/mol. The molecule has 1 aliphatic carbocycles. The molecule has 12 heteroatoms. The number of ketones is 2. The molecule has 1 heterocycles. The molecule has 2 aliphatic rings. The van der Waals surface area contributed by atoms with Gasteiger partial charge in [-0.25, -0.2) is 0 Å². The molecule has 9 atom stereocenters. The fourth-order valence-electron chi connectivity index (χ4n) is 6.85. The lowest BCUT2D eigenvalue weighted by molar-refractivity contribution is -0.387. The largest absolute Gasteiger partial charge is 0.393 e. The van der Waals surface area contributed by atoms with Crippen LogP contribution in [0.1, 0.15) is 67.7 Å². The van der Waals surface area contributed by atoms with E-state index in [1.54, 1.807) is 13.0 Å². The number of methoxy groups -OCH3 is 1. The van der Waals surface area contributed by atoms with Crippen molar-refractivity contribution in [1.82, 2.24) is 0 Å². The van der Waals surface area contributed by atoms with Crippen molar-refractivity contribution in [3.63, 3.8) is 0 Å². The van der Waals surface area contributed by atoms with E-state index in [1.165, 1.54) is 6.08 Å². The van der Waals surface area contributed by atoms with Gasteiger partial charge in [-0.2, -0.15) is 0 Å². The molecule has 0 aromatic rings. The van der Waals surface area contributed by atoms with Crippen molar-refractivity contribution in [2.24, 2.45) is 28.6 Å². The van der Waals surface area contributed by atoms with Gasteiger partial charge in [0.05, 0.1) is 19.3 Å². The van der Waals surface area contributed by atoms with E-state index in [9.17, 15) is 40.2 Å². The average molecular weight is 603 g/mol. The predicted octanol–water partition coefficient (Wildman–Crippen LogP) is 1.15. The second-order valence-corrected chi connectivity index (χ2v) is 12.3. The molecule has 6 N–H and O–H groups in total. The summed E-state index contributed by atoms with van der Waals surface area (Å²) in [7, 11) is 1.12. The summed E-state index contributed by atoms with van der Waals surface area (Å²) >= 11 is 0. The monoisotopic (exact) mass is 602 g/mol. The number of hydrogen-bond acceptors (Lipinski definition) is 12. The summed E-state index contributed by atoms with van der Waals surface area (Å²) in [5.41, 5.74) is -2.30. The molecule has 2 rings (SSSR count). The zero-order valence-electron chi connectivity index (χ0n) is 25.9. The highest BCUT2D eigenvalue weighted by atomic mass is 16.8. The molecule has 242 valence electrons. The van der Waals surface area contributed by atoms with Crippen LogP contribution in [-0.2, 0) is 28.5 Å². The normalized spacial score (nSPS) is 29.8. The van der Waals surface area contributed by atoms with Gasteiger partial charge in [0.2, 0.25) is 0 Å². The van der Waals surface area contributed by atoms with Crippen LogP contribution < -0.4 is 0 Å². The number of Topliss-reactive ketones (excluding diaryl/α,β-unsaturated/α-hetero) is 1. The Labute approximate surface area is 247 Å². The van der Waals surface area contributed by atoms with Crippen LogP contribution >= 0.6 is 0 Å². The van der Waals surface area contributed by atoms with Gasteiger partial charge in [0.25, 0.3) is 6.48 Å². The van der Waals surface area contributed by atoms with E-state index in [0.717, 1.165) is 12.7 Å². The number of allylic oxidation sites excluding steroid dienone is 4. The molecule has 0 saturated carbocycles. The Bertz CT molecular complexity index is 999. The Balaban J connectivity index is 2.44. The zero-order valence-corrected chi connectivity index (χ0v) is 25.9. The van der Waals surface area contributed by atoms with E-state index in [2.05, 4.69) is 0 Å². The van der Waals surface area contributed by atoms with Crippen LogP contribution in [0.15, 0.2) is 23.8 Å². The fourth-order valence-corrected chi connectivity index (χ4v) is 6.85. The highest BCUT2D eigenvalue weighted by Crippen LogP contribution is 2.55. The Morgan fingerprint density at radius 2 is 1.83 bits per heavy atom. The molecule has 12 nitrogen and oxygen atoms in total. The lowest BCUT2D eigenvalue weighted by atomic mass is 9.53. The van der Waals surface area contributed by atoms with Gasteiger partial charge in [0.1, 0.15) is 5.60 Å². The van der Waals surface area contributed by atoms with Gasteiger partial charge in [-0.15, -0.1) is 0 Å². The van der Waals surface area contributed by atoms with E-state index in [0.29, 0.717) is 6.42 Å². The predicted molar refractivity (Wildman–Crippen MR) is 150 cm³/mol. The molecule has 0 aromatic heterocycles. The fraction of sp³-hybridized carbons (Fsp3) is 0.800. The molecule has 9 unspecified atom stereocenters. The minimum Gasteiger partial charge on any atom is -0.393 e. The second-order valence-electron chi connectivity index (χ2n) is 12.3. The van der Waals surface area contributed by atoms with Crippen molar-refractivity contribution in [3.05, 3.63) is 23.8 Å². The number of aliphatic hydroxyl groups is 6. The smallest absolute Gasteiger partial charge is 0.308 e. The maximum absolute atomic E-state index is 14.0. The summed E-state index contributed by atoms with van der Waals surface area (Å²) in [4.78, 5) is 26.1. The van der Waals surface area contributed by atoms with E-state index in [-0.39, 0.29) is 49.6 Å². The first kappa shape index (κ1) is 36.6. The maximum Gasteiger partial charge on any atom is 0.308 e. The van der Waals surface area contributed by atoms with Gasteiger partial charge in [-0.1, -0.05) is 52.7 Å². The van der Waals surface area contributed by atoms with Gasteiger partial charge in [-0.05, 0) is 37.8 Å². The van der Waals surface area contributed by atoms with E-state index in [1.807, 2.05) is 47.6 Å². The number of ether oxygens (including phenoxy) is 4. The quantitative estimate of drug-likeness (QED) is 0.147. The topological polar surface area (TPSA) is 192 Å². The van der Waals surface area contributed by atoms with Gasteiger partial charge < -0.3 is 49.6 Å². The summed E-state index contributed by atoms with van der Waals surface area (Å²) in [6.07, 6.45) is 0.755. The second kappa shape index (κ2) is 14.0. The van der Waals surface area contributed by atoms with Crippen LogP contribution in [0, 0.1) is 28.6 Å². The van der Waals surface area contributed by atoms with Crippen LogP contribution in [0.5, 0.6) is 0 Å². The number of carbonyl (C=O) groups excluding carboxylic acids is 2. The summed E-state index contributed by atoms with van der Waals surface area (Å²) in [5.74, 6) is -4.81. The molecule has 0 spiro atoms. The summed E-state index contributed by atoms with van der Waals surface area (Å²) in [6.45, 7) is 11.4. The van der Waals surface area contributed by atoms with Gasteiger partial charge >= 0.3 is 5.97 Å². The Kier molecular flexibility index (Phi) is 12.2. The standard InChI is InChI=1S/C30H50O12/c1-9-21(23(19(4)31)28(7)12-10-20(32)16-17(28)2)18(3)27(5,6)29(13-15-41-26(35)42-29)22(33)11-14-40-25(39-8)24(34)30(36,37)38/h10,12,16,18-19,21,23-26,31,34-38H,9,11,13-15H2,1-8H3. The molecule has 0 aromatic carbocycles. The SMILES string of the molecule is CCC(C(C(C)O)C1(C)C=CC(=O)C=C1C)C(C)C(C)(C)C1(C(=O)CCOC(OC)C(O)C(O)(O)O)CCOC(O)O1. The van der Waals surface area contributed by atoms with Crippen LogP contribution in [0.2, 0.25) is 0 Å². The van der Waals surface area contributed by atoms with Gasteiger partial charge in [0.15, 0.2) is 24.0 Å². The van der Waals surface area contributed by atoms with Crippen molar-refractivity contribution >= 4 is 11.6 Å². The first-order valence-electron chi connectivity index (χ1n) is 14.4. The highest BCUT2D eigenvalue weighted by molar-refractivity contribution is 6.01. The molecule has 1 fully saturated rings. The van der Waals surface area contributed by atoms with E-state index < -0.39 is 53.2 Å². The van der Waals surface area contributed by atoms with Crippen LogP contribution in [-0.4, -0.2) is 99.1 Å². The lowest BCUT2D eigenvalue weighted by Gasteiger charge is -2.55. The minimum absolute atomic E-state index is 0.0341. The number of hydrogen-bond donors (Lipinski definition) is 6. The number of carbonyl (C=O) groups is 2. The van der Waals surface area contributed by atoms with Gasteiger partial charge in [-0.3, -0.25) is 9.59 Å². The third kappa shape index (κ3) is 7.37. The van der Waals surface area contributed by atoms with E-state index >= 15 is 0 Å². The molecule has 0 amide bonds. The van der Waals surface area contributed by atoms with Crippen molar-refractivity contribution in [2.75, 3.05) is 20.3 Å². The number of rotatable bonds is 15. The third-order valence-corrected chi connectivity index (χ3v) is 9.73. The minimum atomic E-state index is -3.49. The Morgan fingerprint density at radius 1 is 1.21 bits per heavy atom. The molecule has 1 saturated heterocycles. The first-order chi connectivity index (χ1) is 19.3. The van der Waals surface area contributed by atoms with Crippen molar-refractivity contribution in [3.8, 4) is 0 Å². The molecule has 42 heavy (non-hydrogen) atoms. The van der Waals surface area contributed by atoms with Crippen LogP contribution in [0.4, 0.5) is 0 Å². The van der Waals surface area contributed by atoms with Gasteiger partial charge in [0, 0.05) is 36.7 Å². The first-order valence-corrected chi connectivity index (χ1v) is 14.4. The summed E-state index contributed by atoms with van der Waals surface area (Å²) in [6, 6.07) is 0. The molecule has 1 aliphatic heterocycles. The highest BCUT2D eigenvalue weighted by Gasteiger charge is 2.59. The Morgan fingerprint density at radius 3 is 2.31 bits per heavy atom. The van der Waals surface area contributed by atoms with Crippen LogP contribution in [0.3, 0.4) is 0 Å². The lowest BCUT2D eigenvalue weighted by Crippen LogP contribution is -2.62. The third-order valence-electron chi connectivity index (χ3n) is 9.73. The maximum atomic E-state index is 14.0. The van der Waals surface area contributed by atoms with Crippen molar-refractivity contribution in [2.45, 2.75) is 104 Å². The molecule has 0 radical (unpaired) electrons. The zero-order chi connectivity index (χ0) is 32.3. The van der Waals surface area contributed by atoms with Crippen molar-refractivity contribution in [1.29, 1.82) is 0 Å².